The fraction of sp³-hybridized carbons (Fsp3) is 0.462. The van der Waals surface area contributed by atoms with Crippen molar-refractivity contribution in [3.8, 4) is 5.75 Å². The quantitative estimate of drug-likeness (QED) is 0.720. The van der Waals surface area contributed by atoms with E-state index < -0.39 is 0 Å². The summed E-state index contributed by atoms with van der Waals surface area (Å²) in [5.74, 6) is 0.329. The molecule has 2 saturated heterocycles. The van der Waals surface area contributed by atoms with Crippen LogP contribution < -0.4 is 15.0 Å². The first-order valence-corrected chi connectivity index (χ1v) is 11.6. The molecule has 2 amide bonds. The summed E-state index contributed by atoms with van der Waals surface area (Å²) in [6.07, 6.45) is 5.53. The SMILES string of the molecule is COc1ccc(N2CC(C(=O)NCc3ccc(CN4CCCCCC4)cc3)CC2=O)cc1. The van der Waals surface area contributed by atoms with Crippen molar-refractivity contribution in [1.82, 2.24) is 10.2 Å². The number of hydrogen-bond donors (Lipinski definition) is 1. The van der Waals surface area contributed by atoms with Gasteiger partial charge in [-0.05, 0) is 61.3 Å². The first-order valence-electron chi connectivity index (χ1n) is 11.6. The van der Waals surface area contributed by atoms with Gasteiger partial charge in [0.1, 0.15) is 5.75 Å². The first-order chi connectivity index (χ1) is 15.6. The number of carbonyl (C=O) groups is 2. The second-order valence-electron chi connectivity index (χ2n) is 8.83. The number of anilines is 1. The van der Waals surface area contributed by atoms with E-state index in [0.29, 0.717) is 13.1 Å². The van der Waals surface area contributed by atoms with E-state index in [1.54, 1.807) is 12.0 Å². The van der Waals surface area contributed by atoms with Gasteiger partial charge in [0, 0.05) is 31.7 Å². The van der Waals surface area contributed by atoms with E-state index in [9.17, 15) is 9.59 Å². The third-order valence-corrected chi connectivity index (χ3v) is 6.47. The average molecular weight is 436 g/mol. The van der Waals surface area contributed by atoms with Crippen molar-refractivity contribution in [3.05, 3.63) is 59.7 Å². The van der Waals surface area contributed by atoms with Gasteiger partial charge in [-0.2, -0.15) is 0 Å². The Kier molecular flexibility index (Phi) is 7.43. The molecule has 4 rings (SSSR count). The number of ether oxygens (including phenoxy) is 1. The predicted molar refractivity (Wildman–Crippen MR) is 125 cm³/mol. The highest BCUT2D eigenvalue weighted by Gasteiger charge is 2.35. The van der Waals surface area contributed by atoms with Crippen molar-refractivity contribution >= 4 is 17.5 Å². The van der Waals surface area contributed by atoms with E-state index in [-0.39, 0.29) is 24.2 Å². The fourth-order valence-electron chi connectivity index (χ4n) is 4.54. The molecule has 1 N–H and O–H groups in total. The van der Waals surface area contributed by atoms with Gasteiger partial charge in [-0.15, -0.1) is 0 Å². The van der Waals surface area contributed by atoms with Crippen molar-refractivity contribution in [2.75, 3.05) is 31.6 Å². The molecule has 2 aromatic carbocycles. The van der Waals surface area contributed by atoms with Crippen LogP contribution in [0.4, 0.5) is 5.69 Å². The summed E-state index contributed by atoms with van der Waals surface area (Å²) in [6, 6.07) is 15.9. The number of carbonyl (C=O) groups excluding carboxylic acids is 2. The van der Waals surface area contributed by atoms with Crippen LogP contribution in [0.2, 0.25) is 0 Å². The molecule has 0 saturated carbocycles. The standard InChI is InChI=1S/C26H33N3O3/c1-32-24-12-10-23(11-13-24)29-19-22(16-25(29)30)26(31)27-17-20-6-8-21(9-7-20)18-28-14-4-2-3-5-15-28/h6-13,22H,2-5,14-19H2,1H3,(H,27,31). The molecule has 2 aliphatic heterocycles. The molecule has 2 fully saturated rings. The highest BCUT2D eigenvalue weighted by atomic mass is 16.5. The Bertz CT molecular complexity index is 903. The number of benzene rings is 2. The zero-order valence-electron chi connectivity index (χ0n) is 18.9. The van der Waals surface area contributed by atoms with Crippen LogP contribution in [0.25, 0.3) is 0 Å². The van der Waals surface area contributed by atoms with Gasteiger partial charge in [-0.25, -0.2) is 0 Å². The first kappa shape index (κ1) is 22.3. The molecule has 0 aliphatic carbocycles. The lowest BCUT2D eigenvalue weighted by molar-refractivity contribution is -0.126. The van der Waals surface area contributed by atoms with E-state index in [4.69, 9.17) is 4.74 Å². The Labute approximate surface area is 190 Å². The minimum absolute atomic E-state index is 0.0202. The molecule has 0 radical (unpaired) electrons. The number of nitrogens with one attached hydrogen (secondary N) is 1. The molecule has 0 aromatic heterocycles. The second kappa shape index (κ2) is 10.6. The van der Waals surface area contributed by atoms with E-state index in [1.165, 1.54) is 44.3 Å². The molecule has 0 spiro atoms. The molecule has 2 heterocycles. The molecule has 2 aromatic rings. The second-order valence-corrected chi connectivity index (χ2v) is 8.83. The summed E-state index contributed by atoms with van der Waals surface area (Å²) in [6.45, 7) is 4.26. The van der Waals surface area contributed by atoms with Crippen LogP contribution in [0.1, 0.15) is 43.2 Å². The minimum atomic E-state index is -0.327. The number of amides is 2. The largest absolute Gasteiger partial charge is 0.497 e. The van der Waals surface area contributed by atoms with Crippen molar-refractivity contribution in [2.45, 2.75) is 45.2 Å². The van der Waals surface area contributed by atoms with Crippen LogP contribution in [-0.4, -0.2) is 43.5 Å². The molecule has 0 bridgehead atoms. The fourth-order valence-corrected chi connectivity index (χ4v) is 4.54. The third kappa shape index (κ3) is 5.68. The Morgan fingerprint density at radius 2 is 1.62 bits per heavy atom. The van der Waals surface area contributed by atoms with Gasteiger partial charge in [-0.1, -0.05) is 37.1 Å². The molecular weight excluding hydrogens is 402 g/mol. The number of nitrogens with zero attached hydrogens (tertiary/aromatic N) is 2. The zero-order chi connectivity index (χ0) is 22.3. The van der Waals surface area contributed by atoms with Crippen molar-refractivity contribution in [2.24, 2.45) is 5.92 Å². The van der Waals surface area contributed by atoms with Gasteiger partial charge in [0.05, 0.1) is 13.0 Å². The highest BCUT2D eigenvalue weighted by Crippen LogP contribution is 2.27. The third-order valence-electron chi connectivity index (χ3n) is 6.47. The smallest absolute Gasteiger partial charge is 0.227 e. The Morgan fingerprint density at radius 3 is 2.28 bits per heavy atom. The Hall–Kier alpha value is -2.86. The summed E-state index contributed by atoms with van der Waals surface area (Å²) in [5, 5.41) is 3.01. The average Bonchev–Trinajstić information content (AvgIpc) is 3.03. The van der Waals surface area contributed by atoms with Gasteiger partial charge >= 0.3 is 0 Å². The Morgan fingerprint density at radius 1 is 0.969 bits per heavy atom. The maximum Gasteiger partial charge on any atom is 0.227 e. The molecule has 6 nitrogen and oxygen atoms in total. The van der Waals surface area contributed by atoms with E-state index in [2.05, 4.69) is 34.5 Å². The summed E-state index contributed by atoms with van der Waals surface area (Å²) in [4.78, 5) is 29.4. The lowest BCUT2D eigenvalue weighted by Crippen LogP contribution is -2.32. The zero-order valence-corrected chi connectivity index (χ0v) is 18.9. The summed E-state index contributed by atoms with van der Waals surface area (Å²) in [5.41, 5.74) is 3.19. The van der Waals surface area contributed by atoms with Crippen LogP contribution in [0.5, 0.6) is 5.75 Å². The molecule has 1 atom stereocenters. The topological polar surface area (TPSA) is 61.9 Å². The van der Waals surface area contributed by atoms with E-state index in [0.717, 1.165) is 23.5 Å². The van der Waals surface area contributed by atoms with Crippen LogP contribution in [0.3, 0.4) is 0 Å². The van der Waals surface area contributed by atoms with Crippen molar-refractivity contribution in [3.63, 3.8) is 0 Å². The molecule has 170 valence electrons. The van der Waals surface area contributed by atoms with Crippen molar-refractivity contribution in [1.29, 1.82) is 0 Å². The number of rotatable bonds is 7. The lowest BCUT2D eigenvalue weighted by Gasteiger charge is -2.20. The maximum atomic E-state index is 12.7. The maximum absolute atomic E-state index is 12.7. The number of methoxy groups -OCH3 is 1. The molecule has 1 unspecified atom stereocenters. The Balaban J connectivity index is 1.26. The van der Waals surface area contributed by atoms with Crippen molar-refractivity contribution < 1.29 is 14.3 Å². The van der Waals surface area contributed by atoms with E-state index in [1.807, 2.05) is 24.3 Å². The normalized spacial score (nSPS) is 19.6. The summed E-state index contributed by atoms with van der Waals surface area (Å²) < 4.78 is 5.17. The van der Waals surface area contributed by atoms with Crippen LogP contribution in [0.15, 0.2) is 48.5 Å². The molecule has 2 aliphatic rings. The number of hydrogen-bond acceptors (Lipinski definition) is 4. The minimum Gasteiger partial charge on any atom is -0.497 e. The highest BCUT2D eigenvalue weighted by molar-refractivity contribution is 6.00. The molecular formula is C26H33N3O3. The monoisotopic (exact) mass is 435 g/mol. The summed E-state index contributed by atoms with van der Waals surface area (Å²) in [7, 11) is 1.61. The molecule has 6 heteroatoms. The predicted octanol–water partition coefficient (Wildman–Crippen LogP) is 3.74. The lowest BCUT2D eigenvalue weighted by atomic mass is 10.1. The molecule has 32 heavy (non-hydrogen) atoms. The van der Waals surface area contributed by atoms with Gasteiger partial charge in [0.15, 0.2) is 0 Å². The van der Waals surface area contributed by atoms with Crippen LogP contribution >= 0.6 is 0 Å². The van der Waals surface area contributed by atoms with Crippen LogP contribution in [-0.2, 0) is 22.7 Å². The van der Waals surface area contributed by atoms with Gasteiger partial charge in [-0.3, -0.25) is 14.5 Å². The van der Waals surface area contributed by atoms with Gasteiger partial charge < -0.3 is 15.0 Å². The number of likely N-dealkylation sites (tertiary alicyclic amines) is 1. The van der Waals surface area contributed by atoms with Gasteiger partial charge in [0.25, 0.3) is 0 Å². The summed E-state index contributed by atoms with van der Waals surface area (Å²) >= 11 is 0. The van der Waals surface area contributed by atoms with Gasteiger partial charge in [0.2, 0.25) is 11.8 Å². The van der Waals surface area contributed by atoms with E-state index >= 15 is 0 Å². The van der Waals surface area contributed by atoms with Crippen LogP contribution in [0, 0.1) is 5.92 Å².